The van der Waals surface area contributed by atoms with Crippen molar-refractivity contribution in [2.75, 3.05) is 23.1 Å². The van der Waals surface area contributed by atoms with Gasteiger partial charge in [0, 0.05) is 31.8 Å². The van der Waals surface area contributed by atoms with Gasteiger partial charge in [-0.05, 0) is 48.9 Å². The van der Waals surface area contributed by atoms with Gasteiger partial charge in [0.25, 0.3) is 11.3 Å². The molecule has 1 amide bonds. The standard InChI is InChI=1S/C22H25N5O4S/c1-14(28)27-10-8-15(9-11-27)12-16-6-7-17(29)13-20(16)25-21-22(26-32(30)31)24-19-5-3-2-4-18(19)23-21/h2-7,13,15,29H,8-12H2,1H3,(H,23,25)(H,24,26)(H,30,31). The molecule has 0 aliphatic carbocycles. The first kappa shape index (κ1) is 22.0. The Bertz CT molecular complexity index is 1160. The van der Waals surface area contributed by atoms with Crippen LogP contribution in [0.2, 0.25) is 0 Å². The number of phenols is 1. The molecule has 9 nitrogen and oxygen atoms in total. The monoisotopic (exact) mass is 455 g/mol. The quantitative estimate of drug-likeness (QED) is 0.419. The van der Waals surface area contributed by atoms with Crippen molar-refractivity contribution >= 4 is 45.5 Å². The van der Waals surface area contributed by atoms with E-state index in [2.05, 4.69) is 20.0 Å². The van der Waals surface area contributed by atoms with E-state index in [1.807, 2.05) is 23.1 Å². The second-order valence-electron chi connectivity index (χ2n) is 7.88. The number of carbonyl (C=O) groups is 1. The molecule has 0 bridgehead atoms. The average molecular weight is 456 g/mol. The van der Waals surface area contributed by atoms with Gasteiger partial charge in [0.1, 0.15) is 5.75 Å². The van der Waals surface area contributed by atoms with E-state index < -0.39 is 11.3 Å². The summed E-state index contributed by atoms with van der Waals surface area (Å²) in [7, 11) is 0. The summed E-state index contributed by atoms with van der Waals surface area (Å²) in [5, 5.41) is 13.3. The predicted octanol–water partition coefficient (Wildman–Crippen LogP) is 3.43. The number of nitrogens with one attached hydrogen (secondary N) is 2. The van der Waals surface area contributed by atoms with Crippen molar-refractivity contribution in [3.05, 3.63) is 48.0 Å². The number of hydrogen-bond donors (Lipinski definition) is 4. The minimum absolute atomic E-state index is 0.0941. The maximum absolute atomic E-state index is 11.6. The molecule has 168 valence electrons. The molecule has 1 fully saturated rings. The van der Waals surface area contributed by atoms with Crippen molar-refractivity contribution in [2.24, 2.45) is 5.92 Å². The number of carbonyl (C=O) groups excluding carboxylic acids is 1. The van der Waals surface area contributed by atoms with Crippen LogP contribution in [0.4, 0.5) is 17.3 Å². The van der Waals surface area contributed by atoms with Gasteiger partial charge in [-0.3, -0.25) is 14.1 Å². The van der Waals surface area contributed by atoms with E-state index in [9.17, 15) is 18.7 Å². The fourth-order valence-corrected chi connectivity index (χ4v) is 4.30. The van der Waals surface area contributed by atoms with Crippen molar-refractivity contribution in [1.29, 1.82) is 0 Å². The van der Waals surface area contributed by atoms with Gasteiger partial charge in [-0.15, -0.1) is 0 Å². The largest absolute Gasteiger partial charge is 0.508 e. The van der Waals surface area contributed by atoms with Crippen LogP contribution in [0.25, 0.3) is 11.0 Å². The summed E-state index contributed by atoms with van der Waals surface area (Å²) in [5.41, 5.74) is 2.84. The van der Waals surface area contributed by atoms with Crippen LogP contribution in [0.5, 0.6) is 5.75 Å². The Hall–Kier alpha value is -3.24. The van der Waals surface area contributed by atoms with Crippen LogP contribution in [0, 0.1) is 5.92 Å². The molecule has 0 saturated carbocycles. The van der Waals surface area contributed by atoms with E-state index in [1.165, 1.54) is 0 Å². The summed E-state index contributed by atoms with van der Waals surface area (Å²) in [5.74, 6) is 1.02. The zero-order valence-electron chi connectivity index (χ0n) is 17.6. The Morgan fingerprint density at radius 1 is 1.12 bits per heavy atom. The molecule has 4 N–H and O–H groups in total. The maximum Gasteiger partial charge on any atom is 0.260 e. The third kappa shape index (κ3) is 5.14. The zero-order valence-corrected chi connectivity index (χ0v) is 18.4. The van der Waals surface area contributed by atoms with Crippen LogP contribution in [0.15, 0.2) is 42.5 Å². The molecule has 1 aliphatic rings. The van der Waals surface area contributed by atoms with Gasteiger partial charge in [0.15, 0.2) is 11.6 Å². The number of likely N-dealkylation sites (tertiary alicyclic amines) is 1. The third-order valence-corrected chi connectivity index (χ3v) is 6.04. The van der Waals surface area contributed by atoms with Crippen molar-refractivity contribution in [2.45, 2.75) is 26.2 Å². The van der Waals surface area contributed by atoms with Crippen molar-refractivity contribution < 1.29 is 18.7 Å². The molecule has 1 atom stereocenters. The lowest BCUT2D eigenvalue weighted by molar-refractivity contribution is -0.130. The lowest BCUT2D eigenvalue weighted by Gasteiger charge is -2.31. The highest BCUT2D eigenvalue weighted by molar-refractivity contribution is 7.80. The molecule has 2 heterocycles. The van der Waals surface area contributed by atoms with Gasteiger partial charge in [-0.2, -0.15) is 0 Å². The summed E-state index contributed by atoms with van der Waals surface area (Å²) in [6, 6.07) is 12.3. The Kier molecular flexibility index (Phi) is 6.52. The molecule has 1 unspecified atom stereocenters. The first-order valence-corrected chi connectivity index (χ1v) is 11.5. The van der Waals surface area contributed by atoms with Gasteiger partial charge in [0.05, 0.1) is 11.0 Å². The second-order valence-corrected chi connectivity index (χ2v) is 8.58. The topological polar surface area (TPSA) is 128 Å². The fraction of sp³-hybridized carbons (Fsp3) is 0.318. The molecule has 2 aromatic carbocycles. The Labute approximate surface area is 188 Å². The first-order chi connectivity index (χ1) is 15.4. The van der Waals surface area contributed by atoms with Crippen LogP contribution in [-0.2, 0) is 22.5 Å². The molecule has 3 aromatic rings. The molecule has 0 spiro atoms. The number of piperidine rings is 1. The van der Waals surface area contributed by atoms with E-state index in [-0.39, 0.29) is 23.3 Å². The maximum atomic E-state index is 11.6. The number of para-hydroxylation sites is 2. The smallest absolute Gasteiger partial charge is 0.260 e. The second kappa shape index (κ2) is 9.49. The first-order valence-electron chi connectivity index (χ1n) is 10.4. The molecular formula is C22H25N5O4S. The highest BCUT2D eigenvalue weighted by atomic mass is 32.2. The van der Waals surface area contributed by atoms with Crippen LogP contribution in [0.3, 0.4) is 0 Å². The number of phenolic OH excluding ortho intramolecular Hbond substituents is 1. The molecule has 1 saturated heterocycles. The lowest BCUT2D eigenvalue weighted by Crippen LogP contribution is -2.37. The number of anilines is 3. The molecule has 4 rings (SSSR count). The fourth-order valence-electron chi connectivity index (χ4n) is 3.99. The molecule has 0 radical (unpaired) electrons. The van der Waals surface area contributed by atoms with Gasteiger partial charge >= 0.3 is 0 Å². The summed E-state index contributed by atoms with van der Waals surface area (Å²) >= 11 is -2.32. The summed E-state index contributed by atoms with van der Waals surface area (Å²) in [6.45, 7) is 3.08. The van der Waals surface area contributed by atoms with Crippen LogP contribution in [-0.4, -0.2) is 47.7 Å². The van der Waals surface area contributed by atoms with Crippen LogP contribution < -0.4 is 10.0 Å². The number of nitrogens with zero attached hydrogens (tertiary/aromatic N) is 3. The average Bonchev–Trinajstić information content (AvgIpc) is 2.76. The molecule has 1 aromatic heterocycles. The minimum Gasteiger partial charge on any atom is -0.508 e. The number of aromatic nitrogens is 2. The third-order valence-electron chi connectivity index (χ3n) is 5.67. The van der Waals surface area contributed by atoms with Gasteiger partial charge < -0.3 is 15.3 Å². The van der Waals surface area contributed by atoms with Gasteiger partial charge in [-0.25, -0.2) is 14.2 Å². The summed E-state index contributed by atoms with van der Waals surface area (Å²) in [4.78, 5) is 22.4. The predicted molar refractivity (Wildman–Crippen MR) is 124 cm³/mol. The van der Waals surface area contributed by atoms with E-state index in [1.54, 1.807) is 31.2 Å². The number of hydrogen-bond acceptors (Lipinski definition) is 6. The molecule has 32 heavy (non-hydrogen) atoms. The van der Waals surface area contributed by atoms with E-state index in [0.717, 1.165) is 37.9 Å². The highest BCUT2D eigenvalue weighted by Crippen LogP contribution is 2.32. The van der Waals surface area contributed by atoms with Crippen LogP contribution in [0.1, 0.15) is 25.3 Å². The number of aromatic hydroxyl groups is 1. The summed E-state index contributed by atoms with van der Waals surface area (Å²) in [6.07, 6.45) is 2.59. The van der Waals surface area contributed by atoms with Crippen molar-refractivity contribution in [1.82, 2.24) is 14.9 Å². The van der Waals surface area contributed by atoms with E-state index in [0.29, 0.717) is 22.6 Å². The number of rotatable bonds is 6. The summed E-state index contributed by atoms with van der Waals surface area (Å²) < 4.78 is 23.2. The lowest BCUT2D eigenvalue weighted by atomic mass is 9.89. The minimum atomic E-state index is -2.32. The van der Waals surface area contributed by atoms with Crippen molar-refractivity contribution in [3.8, 4) is 5.75 Å². The number of fused-ring (bicyclic) bond motifs is 1. The Morgan fingerprint density at radius 3 is 2.41 bits per heavy atom. The number of amides is 1. The number of benzene rings is 2. The Balaban J connectivity index is 1.62. The normalized spacial score (nSPS) is 15.5. The van der Waals surface area contributed by atoms with Gasteiger partial charge in [-0.1, -0.05) is 18.2 Å². The Morgan fingerprint density at radius 2 is 1.78 bits per heavy atom. The van der Waals surface area contributed by atoms with E-state index >= 15 is 0 Å². The van der Waals surface area contributed by atoms with Crippen LogP contribution >= 0.6 is 0 Å². The molecule has 1 aliphatic heterocycles. The van der Waals surface area contributed by atoms with Gasteiger partial charge in [0.2, 0.25) is 5.91 Å². The molecular weight excluding hydrogens is 430 g/mol. The van der Waals surface area contributed by atoms with Crippen molar-refractivity contribution in [3.63, 3.8) is 0 Å². The SMILES string of the molecule is CC(=O)N1CCC(Cc2ccc(O)cc2Nc2nc3ccccc3nc2NS(=O)O)CC1. The van der Waals surface area contributed by atoms with E-state index in [4.69, 9.17) is 0 Å². The zero-order chi connectivity index (χ0) is 22.7. The highest BCUT2D eigenvalue weighted by Gasteiger charge is 2.22. The molecule has 10 heteroatoms.